The van der Waals surface area contributed by atoms with Crippen molar-refractivity contribution in [3.8, 4) is 17.6 Å². The Morgan fingerprint density at radius 3 is 2.28 bits per heavy atom. The van der Waals surface area contributed by atoms with Crippen LogP contribution in [0.2, 0.25) is 10.0 Å². The van der Waals surface area contributed by atoms with Gasteiger partial charge in [0.15, 0.2) is 5.75 Å². The van der Waals surface area contributed by atoms with Crippen molar-refractivity contribution in [3.63, 3.8) is 0 Å². The van der Waals surface area contributed by atoms with Crippen molar-refractivity contribution in [2.45, 2.75) is 19.3 Å². The molecule has 0 heterocycles. The standard InChI is InChI=1S/C25H21Cl2NO4/c1-16-12-22(26)24(23(27)13-16)32-11-10-31-19-8-6-17(7-9-19)14-18(15-28)20-4-2-3-5-21(20)25(29)30/h2-9,12-13,18H,10-11,14H2,1H3,(H,29,30). The van der Waals surface area contributed by atoms with E-state index in [9.17, 15) is 15.2 Å². The summed E-state index contributed by atoms with van der Waals surface area (Å²) < 4.78 is 11.3. The van der Waals surface area contributed by atoms with Gasteiger partial charge in [0.2, 0.25) is 0 Å². The first-order valence-electron chi connectivity index (χ1n) is 9.91. The van der Waals surface area contributed by atoms with Gasteiger partial charge >= 0.3 is 5.97 Å². The third-order valence-electron chi connectivity index (χ3n) is 4.83. The molecule has 0 saturated carbocycles. The molecule has 7 heteroatoms. The minimum atomic E-state index is -1.04. The van der Waals surface area contributed by atoms with E-state index in [1.165, 1.54) is 6.07 Å². The molecule has 1 atom stereocenters. The fraction of sp³-hybridized carbons (Fsp3) is 0.200. The number of benzene rings is 3. The number of carbonyl (C=O) groups is 1. The van der Waals surface area contributed by atoms with Crippen LogP contribution in [0.4, 0.5) is 0 Å². The van der Waals surface area contributed by atoms with Gasteiger partial charge in [-0.3, -0.25) is 0 Å². The zero-order valence-electron chi connectivity index (χ0n) is 17.3. The number of rotatable bonds is 9. The van der Waals surface area contributed by atoms with Crippen molar-refractivity contribution in [1.82, 2.24) is 0 Å². The molecule has 0 saturated heterocycles. The Hall–Kier alpha value is -3.20. The van der Waals surface area contributed by atoms with E-state index < -0.39 is 11.9 Å². The molecule has 0 amide bonds. The molecule has 0 radical (unpaired) electrons. The first-order chi connectivity index (χ1) is 15.4. The van der Waals surface area contributed by atoms with Gasteiger partial charge in [0.1, 0.15) is 19.0 Å². The highest BCUT2D eigenvalue weighted by Crippen LogP contribution is 2.34. The number of aryl methyl sites for hydroxylation is 1. The van der Waals surface area contributed by atoms with Gasteiger partial charge in [-0.05, 0) is 60.4 Å². The van der Waals surface area contributed by atoms with Crippen LogP contribution in [0.25, 0.3) is 0 Å². The number of carboxylic acids is 1. The predicted octanol–water partition coefficient (Wildman–Crippen LogP) is 6.31. The largest absolute Gasteiger partial charge is 0.490 e. The number of halogens is 2. The minimum absolute atomic E-state index is 0.146. The molecular weight excluding hydrogens is 449 g/mol. The summed E-state index contributed by atoms with van der Waals surface area (Å²) in [6.45, 7) is 2.47. The van der Waals surface area contributed by atoms with Gasteiger partial charge in [-0.1, -0.05) is 53.5 Å². The summed E-state index contributed by atoms with van der Waals surface area (Å²) >= 11 is 12.3. The Morgan fingerprint density at radius 2 is 1.66 bits per heavy atom. The normalized spacial score (nSPS) is 11.4. The molecule has 0 aliphatic rings. The lowest BCUT2D eigenvalue weighted by Crippen LogP contribution is -2.10. The van der Waals surface area contributed by atoms with Crippen molar-refractivity contribution in [3.05, 3.63) is 93.0 Å². The molecule has 0 spiro atoms. The van der Waals surface area contributed by atoms with E-state index in [0.717, 1.165) is 11.1 Å². The summed E-state index contributed by atoms with van der Waals surface area (Å²) in [4.78, 5) is 11.5. The number of nitrogens with zero attached hydrogens (tertiary/aromatic N) is 1. The fourth-order valence-electron chi connectivity index (χ4n) is 3.31. The van der Waals surface area contributed by atoms with E-state index in [-0.39, 0.29) is 12.2 Å². The first-order valence-corrected chi connectivity index (χ1v) is 10.7. The molecule has 3 aromatic carbocycles. The van der Waals surface area contributed by atoms with Crippen LogP contribution in [-0.2, 0) is 6.42 Å². The zero-order valence-corrected chi connectivity index (χ0v) is 18.9. The number of nitriles is 1. The van der Waals surface area contributed by atoms with Gasteiger partial charge in [0, 0.05) is 0 Å². The maximum absolute atomic E-state index is 11.5. The molecule has 0 aromatic heterocycles. The van der Waals surface area contributed by atoms with Gasteiger partial charge in [0.25, 0.3) is 0 Å². The third-order valence-corrected chi connectivity index (χ3v) is 5.39. The van der Waals surface area contributed by atoms with Gasteiger partial charge < -0.3 is 14.6 Å². The molecule has 5 nitrogen and oxygen atoms in total. The maximum Gasteiger partial charge on any atom is 0.336 e. The Balaban J connectivity index is 1.56. The van der Waals surface area contributed by atoms with Crippen molar-refractivity contribution in [2.75, 3.05) is 13.2 Å². The molecule has 0 fully saturated rings. The van der Waals surface area contributed by atoms with E-state index in [4.69, 9.17) is 32.7 Å². The van der Waals surface area contributed by atoms with E-state index in [0.29, 0.717) is 40.1 Å². The highest BCUT2D eigenvalue weighted by Gasteiger charge is 2.19. The van der Waals surface area contributed by atoms with Crippen molar-refractivity contribution in [2.24, 2.45) is 0 Å². The van der Waals surface area contributed by atoms with E-state index in [2.05, 4.69) is 6.07 Å². The SMILES string of the molecule is Cc1cc(Cl)c(OCCOc2ccc(CC(C#N)c3ccccc3C(=O)O)cc2)c(Cl)c1. The lowest BCUT2D eigenvalue weighted by molar-refractivity contribution is 0.0695. The Bertz CT molecular complexity index is 1120. The molecule has 3 rings (SSSR count). The van der Waals surface area contributed by atoms with Gasteiger partial charge in [0.05, 0.1) is 27.6 Å². The summed E-state index contributed by atoms with van der Waals surface area (Å²) in [7, 11) is 0. The molecule has 0 aliphatic heterocycles. The molecule has 1 N–H and O–H groups in total. The average molecular weight is 470 g/mol. The lowest BCUT2D eigenvalue weighted by Gasteiger charge is -2.13. The minimum Gasteiger partial charge on any atom is -0.490 e. The number of ether oxygens (including phenoxy) is 2. The summed E-state index contributed by atoms with van der Waals surface area (Å²) in [6.07, 6.45) is 0.397. The molecule has 0 bridgehead atoms. The fourth-order valence-corrected chi connectivity index (χ4v) is 4.01. The highest BCUT2D eigenvalue weighted by atomic mass is 35.5. The molecule has 1 unspecified atom stereocenters. The smallest absolute Gasteiger partial charge is 0.336 e. The topological polar surface area (TPSA) is 79.5 Å². The monoisotopic (exact) mass is 469 g/mol. The van der Waals surface area contributed by atoms with Crippen LogP contribution in [0.3, 0.4) is 0 Å². The number of hydrogen-bond acceptors (Lipinski definition) is 4. The zero-order chi connectivity index (χ0) is 23.1. The summed E-state index contributed by atoms with van der Waals surface area (Å²) in [6, 6.07) is 19.7. The second-order valence-electron chi connectivity index (χ2n) is 7.18. The second kappa shape index (κ2) is 10.9. The number of aromatic carboxylic acids is 1. The molecule has 0 aliphatic carbocycles. The molecular formula is C25H21Cl2NO4. The number of carboxylic acid groups (broad SMARTS) is 1. The summed E-state index contributed by atoms with van der Waals surface area (Å²) in [5, 5.41) is 19.9. The maximum atomic E-state index is 11.5. The predicted molar refractivity (Wildman–Crippen MR) is 124 cm³/mol. The van der Waals surface area contributed by atoms with Crippen molar-refractivity contribution in [1.29, 1.82) is 5.26 Å². The molecule has 32 heavy (non-hydrogen) atoms. The quantitative estimate of drug-likeness (QED) is 0.371. The second-order valence-corrected chi connectivity index (χ2v) is 7.99. The van der Waals surface area contributed by atoms with Crippen LogP contribution in [-0.4, -0.2) is 24.3 Å². The lowest BCUT2D eigenvalue weighted by atomic mass is 9.90. The van der Waals surface area contributed by atoms with Crippen LogP contribution in [0.1, 0.15) is 33.0 Å². The van der Waals surface area contributed by atoms with Crippen LogP contribution >= 0.6 is 23.2 Å². The number of hydrogen-bond donors (Lipinski definition) is 1. The van der Waals surface area contributed by atoms with E-state index in [1.54, 1.807) is 42.5 Å². The Kier molecular flexibility index (Phi) is 7.99. The van der Waals surface area contributed by atoms with E-state index >= 15 is 0 Å². The molecule has 3 aromatic rings. The summed E-state index contributed by atoms with van der Waals surface area (Å²) in [5.74, 6) is -0.522. The first kappa shape index (κ1) is 23.5. The Morgan fingerprint density at radius 1 is 1.03 bits per heavy atom. The van der Waals surface area contributed by atoms with E-state index in [1.807, 2.05) is 19.1 Å². The molecule has 164 valence electrons. The van der Waals surface area contributed by atoms with Crippen LogP contribution < -0.4 is 9.47 Å². The Labute approximate surface area is 196 Å². The average Bonchev–Trinajstić information content (AvgIpc) is 2.77. The van der Waals surface area contributed by atoms with Crippen LogP contribution in [0, 0.1) is 18.3 Å². The van der Waals surface area contributed by atoms with Gasteiger partial charge in [-0.2, -0.15) is 5.26 Å². The van der Waals surface area contributed by atoms with Crippen molar-refractivity contribution < 1.29 is 19.4 Å². The summed E-state index contributed by atoms with van der Waals surface area (Å²) in [5.41, 5.74) is 2.51. The van der Waals surface area contributed by atoms with Crippen LogP contribution in [0.15, 0.2) is 60.7 Å². The third kappa shape index (κ3) is 5.94. The van der Waals surface area contributed by atoms with Gasteiger partial charge in [-0.25, -0.2) is 4.79 Å². The van der Waals surface area contributed by atoms with Crippen molar-refractivity contribution >= 4 is 29.2 Å². The highest BCUT2D eigenvalue weighted by molar-refractivity contribution is 6.37. The van der Waals surface area contributed by atoms with Crippen LogP contribution in [0.5, 0.6) is 11.5 Å². The van der Waals surface area contributed by atoms with Gasteiger partial charge in [-0.15, -0.1) is 0 Å².